The van der Waals surface area contributed by atoms with Crippen molar-refractivity contribution in [3.63, 3.8) is 0 Å². The lowest BCUT2D eigenvalue weighted by molar-refractivity contribution is -0.0221. The van der Waals surface area contributed by atoms with Crippen LogP contribution in [0.5, 0.6) is 0 Å². The van der Waals surface area contributed by atoms with Crippen molar-refractivity contribution < 1.29 is 18.7 Å². The molecule has 1 unspecified atom stereocenters. The summed E-state index contributed by atoms with van der Waals surface area (Å²) in [6.07, 6.45) is 2.64. The van der Waals surface area contributed by atoms with Crippen LogP contribution in [0.15, 0.2) is 35.3 Å². The molecule has 0 spiro atoms. The van der Waals surface area contributed by atoms with E-state index in [1.165, 1.54) is 29.0 Å². The highest BCUT2D eigenvalue weighted by Crippen LogP contribution is 2.31. The van der Waals surface area contributed by atoms with Crippen molar-refractivity contribution in [3.8, 4) is 0 Å². The number of aromatic nitrogens is 3. The fraction of sp³-hybridized carbons (Fsp3) is 0.429. The number of halogens is 3. The molecule has 2 aromatic rings. The third-order valence-electron chi connectivity index (χ3n) is 5.65. The molecule has 2 aliphatic rings. The van der Waals surface area contributed by atoms with Crippen LogP contribution in [-0.4, -0.2) is 56.0 Å². The zero-order valence-electron chi connectivity index (χ0n) is 17.3. The number of hydrogen-bond acceptors (Lipinski definition) is 6. The molecule has 2 N–H and O–H groups in total. The summed E-state index contributed by atoms with van der Waals surface area (Å²) in [6.45, 7) is 2.21. The fourth-order valence-electron chi connectivity index (χ4n) is 3.93. The molecule has 32 heavy (non-hydrogen) atoms. The Bertz CT molecular complexity index is 1130. The number of hydrogen-bond donors (Lipinski definition) is 2. The number of carboxylic acids is 1. The Morgan fingerprint density at radius 1 is 1.38 bits per heavy atom. The number of fused-ring (bicyclic) bond motifs is 1. The number of nitrogens with one attached hydrogen (secondary N) is 1. The first kappa shape index (κ1) is 22.2. The molecule has 2 aromatic heterocycles. The van der Waals surface area contributed by atoms with Gasteiger partial charge in [0, 0.05) is 50.3 Å². The number of nitrogens with zero attached hydrogens (tertiary/aromatic N) is 4. The number of aromatic carboxylic acids is 1. The standard InChI is InChI=1S/C21H22ClF2N5O3/c1-12(26-18-14(20(31)32)3-2-6-25-18)15-9-13(22)11-29-17(30)10-16(27-19(15)29)28-7-4-21(23,24)5-8-28/h2-3,6,9-10,12-13H,4-5,7-8,11H2,1H3,(H,25,26)(H,31,32)/t12-,13?/m1/s1. The van der Waals surface area contributed by atoms with E-state index in [9.17, 15) is 23.5 Å². The van der Waals surface area contributed by atoms with Gasteiger partial charge in [-0.3, -0.25) is 9.36 Å². The Morgan fingerprint density at radius 2 is 2.09 bits per heavy atom. The van der Waals surface area contributed by atoms with Crippen molar-refractivity contribution in [2.75, 3.05) is 23.3 Å². The largest absolute Gasteiger partial charge is 0.478 e. The number of alkyl halides is 3. The number of carboxylic acid groups (broad SMARTS) is 1. The van der Waals surface area contributed by atoms with E-state index in [1.54, 1.807) is 17.9 Å². The minimum atomic E-state index is -2.71. The minimum absolute atomic E-state index is 0.00604. The maximum atomic E-state index is 13.6. The second-order valence-electron chi connectivity index (χ2n) is 7.94. The molecule has 2 atom stereocenters. The van der Waals surface area contributed by atoms with Gasteiger partial charge < -0.3 is 15.3 Å². The van der Waals surface area contributed by atoms with Gasteiger partial charge in [0.1, 0.15) is 23.0 Å². The number of allylic oxidation sites excluding steroid dienone is 1. The molecule has 0 bridgehead atoms. The third-order valence-corrected chi connectivity index (χ3v) is 5.91. The maximum Gasteiger partial charge on any atom is 0.339 e. The summed E-state index contributed by atoms with van der Waals surface area (Å²) in [5, 5.41) is 12.0. The van der Waals surface area contributed by atoms with E-state index >= 15 is 0 Å². The van der Waals surface area contributed by atoms with E-state index in [2.05, 4.69) is 15.3 Å². The molecule has 1 fully saturated rings. The number of carbonyl (C=O) groups is 1. The van der Waals surface area contributed by atoms with Gasteiger partial charge in [0.2, 0.25) is 0 Å². The molecule has 4 heterocycles. The second-order valence-corrected chi connectivity index (χ2v) is 8.50. The Hall–Kier alpha value is -3.01. The molecule has 0 aromatic carbocycles. The molecule has 0 saturated carbocycles. The van der Waals surface area contributed by atoms with E-state index in [0.717, 1.165) is 0 Å². The molecule has 8 nitrogen and oxygen atoms in total. The smallest absolute Gasteiger partial charge is 0.339 e. The first-order valence-corrected chi connectivity index (χ1v) is 10.6. The fourth-order valence-corrected chi connectivity index (χ4v) is 4.20. The maximum absolute atomic E-state index is 13.6. The molecule has 4 rings (SSSR count). The number of anilines is 2. The Kier molecular flexibility index (Phi) is 5.89. The van der Waals surface area contributed by atoms with E-state index in [4.69, 9.17) is 11.6 Å². The zero-order valence-corrected chi connectivity index (χ0v) is 18.0. The van der Waals surface area contributed by atoms with Crippen molar-refractivity contribution in [2.24, 2.45) is 0 Å². The van der Waals surface area contributed by atoms with Crippen molar-refractivity contribution >= 4 is 34.8 Å². The van der Waals surface area contributed by atoms with Crippen LogP contribution in [0.25, 0.3) is 5.57 Å². The normalized spacial score (nSPS) is 20.8. The lowest BCUT2D eigenvalue weighted by atomic mass is 10.0. The SMILES string of the molecule is C[C@@H](Nc1ncccc1C(=O)O)C1=CC(Cl)Cn2c1nc(N1CCC(F)(F)CC1)cc2=O. The van der Waals surface area contributed by atoms with Crippen molar-refractivity contribution in [2.45, 2.75) is 43.7 Å². The topological polar surface area (TPSA) is 100 Å². The van der Waals surface area contributed by atoms with Crippen LogP contribution in [0.1, 0.15) is 35.9 Å². The predicted octanol–water partition coefficient (Wildman–Crippen LogP) is 3.08. The van der Waals surface area contributed by atoms with Crippen LogP contribution >= 0.6 is 11.6 Å². The first-order chi connectivity index (χ1) is 15.1. The Morgan fingerprint density at radius 3 is 2.78 bits per heavy atom. The molecule has 2 aliphatic heterocycles. The molecule has 1 saturated heterocycles. The molecular formula is C21H22ClF2N5O3. The highest BCUT2D eigenvalue weighted by atomic mass is 35.5. The van der Waals surface area contributed by atoms with Crippen LogP contribution in [0, 0.1) is 0 Å². The van der Waals surface area contributed by atoms with Crippen molar-refractivity contribution in [3.05, 3.63) is 52.2 Å². The average molecular weight is 466 g/mol. The highest BCUT2D eigenvalue weighted by Gasteiger charge is 2.35. The van der Waals surface area contributed by atoms with Gasteiger partial charge in [0.05, 0.1) is 11.4 Å². The van der Waals surface area contributed by atoms with Crippen LogP contribution < -0.4 is 15.8 Å². The first-order valence-electron chi connectivity index (χ1n) is 10.2. The zero-order chi connectivity index (χ0) is 23.0. The lowest BCUT2D eigenvalue weighted by Crippen LogP contribution is -2.41. The van der Waals surface area contributed by atoms with E-state index in [1.807, 2.05) is 0 Å². The van der Waals surface area contributed by atoms with Gasteiger partial charge in [-0.05, 0) is 19.1 Å². The Labute approximate surface area is 187 Å². The predicted molar refractivity (Wildman–Crippen MR) is 117 cm³/mol. The summed E-state index contributed by atoms with van der Waals surface area (Å²) in [5.41, 5.74) is 0.279. The van der Waals surface area contributed by atoms with Gasteiger partial charge in [0.15, 0.2) is 0 Å². The van der Waals surface area contributed by atoms with Crippen LogP contribution in [0.4, 0.5) is 20.4 Å². The van der Waals surface area contributed by atoms with Crippen molar-refractivity contribution in [1.29, 1.82) is 0 Å². The van der Waals surface area contributed by atoms with Gasteiger partial charge in [-0.2, -0.15) is 0 Å². The van der Waals surface area contributed by atoms with E-state index in [-0.39, 0.29) is 49.4 Å². The monoisotopic (exact) mass is 465 g/mol. The number of pyridine rings is 1. The molecule has 0 aliphatic carbocycles. The van der Waals surface area contributed by atoms with Gasteiger partial charge in [-0.15, -0.1) is 11.6 Å². The number of rotatable bonds is 5. The molecular weight excluding hydrogens is 444 g/mol. The van der Waals surface area contributed by atoms with Gasteiger partial charge in [-0.25, -0.2) is 23.5 Å². The van der Waals surface area contributed by atoms with E-state index in [0.29, 0.717) is 17.2 Å². The quantitative estimate of drug-likeness (QED) is 0.654. The molecule has 170 valence electrons. The van der Waals surface area contributed by atoms with Crippen LogP contribution in [0.2, 0.25) is 0 Å². The van der Waals surface area contributed by atoms with Crippen LogP contribution in [-0.2, 0) is 6.54 Å². The molecule has 0 amide bonds. The van der Waals surface area contributed by atoms with Gasteiger partial charge in [-0.1, -0.05) is 6.08 Å². The summed E-state index contributed by atoms with van der Waals surface area (Å²) in [4.78, 5) is 34.7. The molecule has 11 heteroatoms. The van der Waals surface area contributed by atoms with Gasteiger partial charge >= 0.3 is 5.97 Å². The Balaban J connectivity index is 1.67. The summed E-state index contributed by atoms with van der Waals surface area (Å²) >= 11 is 6.36. The second kappa shape index (κ2) is 8.50. The summed E-state index contributed by atoms with van der Waals surface area (Å²) < 4.78 is 28.6. The minimum Gasteiger partial charge on any atom is -0.478 e. The summed E-state index contributed by atoms with van der Waals surface area (Å²) in [7, 11) is 0. The third kappa shape index (κ3) is 4.45. The highest BCUT2D eigenvalue weighted by molar-refractivity contribution is 6.22. The van der Waals surface area contributed by atoms with Gasteiger partial charge in [0.25, 0.3) is 11.5 Å². The van der Waals surface area contributed by atoms with Crippen molar-refractivity contribution in [1.82, 2.24) is 14.5 Å². The lowest BCUT2D eigenvalue weighted by Gasteiger charge is -2.33. The summed E-state index contributed by atoms with van der Waals surface area (Å²) in [6, 6.07) is 3.83. The number of piperidine rings is 1. The summed E-state index contributed by atoms with van der Waals surface area (Å²) in [5.74, 6) is -2.95. The van der Waals surface area contributed by atoms with Crippen LogP contribution in [0.3, 0.4) is 0 Å². The average Bonchev–Trinajstić information content (AvgIpc) is 2.74. The van der Waals surface area contributed by atoms with E-state index < -0.39 is 23.3 Å². The molecule has 0 radical (unpaired) electrons.